The monoisotopic (exact) mass is 365 g/mol. The van der Waals surface area contributed by atoms with Crippen molar-refractivity contribution in [2.45, 2.75) is 19.1 Å². The quantitative estimate of drug-likeness (QED) is 0.884. The van der Waals surface area contributed by atoms with Crippen LogP contribution in [0.2, 0.25) is 0 Å². The van der Waals surface area contributed by atoms with E-state index in [2.05, 4.69) is 5.10 Å². The number of hydrazone groups is 1. The Bertz CT molecular complexity index is 823. The Morgan fingerprint density at radius 3 is 2.56 bits per heavy atom. The highest BCUT2D eigenvalue weighted by atomic mass is 32.1. The van der Waals surface area contributed by atoms with Gasteiger partial charge in [0, 0.05) is 10.4 Å². The molecule has 9 heteroatoms. The second-order valence-corrected chi connectivity index (χ2v) is 6.33. The van der Waals surface area contributed by atoms with Gasteiger partial charge in [0.05, 0.1) is 11.3 Å². The minimum Gasteiger partial charge on any atom is -0.449 e. The fraction of sp³-hybridized carbons (Fsp3) is 0.188. The summed E-state index contributed by atoms with van der Waals surface area (Å²) >= 11 is 1.15. The number of benzene rings is 1. The molecule has 0 bridgehead atoms. The fourth-order valence-corrected chi connectivity index (χ4v) is 3.15. The lowest BCUT2D eigenvalue weighted by Gasteiger charge is -2.20. The molecule has 0 radical (unpaired) electrons. The van der Waals surface area contributed by atoms with Crippen LogP contribution >= 0.6 is 11.3 Å². The van der Waals surface area contributed by atoms with Gasteiger partial charge in [-0.05, 0) is 12.1 Å². The normalized spacial score (nSPS) is 16.7. The maximum absolute atomic E-state index is 12.9. The second-order valence-electron chi connectivity index (χ2n) is 5.17. The molecule has 0 spiro atoms. The maximum Gasteiger partial charge on any atom is 0.317 e. The summed E-state index contributed by atoms with van der Waals surface area (Å²) in [5.41, 5.74) is 5.73. The van der Waals surface area contributed by atoms with Gasteiger partial charge in [-0.25, -0.2) is 0 Å². The molecule has 0 aliphatic carbocycles. The highest BCUT2D eigenvalue weighted by Crippen LogP contribution is 2.31. The summed E-state index contributed by atoms with van der Waals surface area (Å²) in [7, 11) is 0. The van der Waals surface area contributed by atoms with E-state index in [4.69, 9.17) is 10.5 Å². The van der Waals surface area contributed by atoms with Gasteiger partial charge in [0.1, 0.15) is 0 Å². The Kier molecular flexibility index (Phi) is 4.75. The van der Waals surface area contributed by atoms with Crippen molar-refractivity contribution in [1.82, 2.24) is 5.01 Å². The van der Waals surface area contributed by atoms with Gasteiger partial charge < -0.3 is 10.5 Å². The number of hydrogen-bond donors (Lipinski definition) is 1. The topological polar surface area (TPSA) is 85.0 Å². The van der Waals surface area contributed by atoms with Crippen molar-refractivity contribution in [3.8, 4) is 0 Å². The van der Waals surface area contributed by atoms with E-state index in [0.717, 1.165) is 11.3 Å². The summed E-state index contributed by atoms with van der Waals surface area (Å²) in [6.07, 6.45) is -4.08. The molecule has 1 aliphatic rings. The maximum atomic E-state index is 12.9. The number of alkyl halides is 2. The van der Waals surface area contributed by atoms with Crippen molar-refractivity contribution in [1.29, 1.82) is 0 Å². The predicted octanol–water partition coefficient (Wildman–Crippen LogP) is 2.53. The molecule has 1 aliphatic heterocycles. The smallest absolute Gasteiger partial charge is 0.317 e. The zero-order chi connectivity index (χ0) is 18.0. The Morgan fingerprint density at radius 2 is 1.96 bits per heavy atom. The average Bonchev–Trinajstić information content (AvgIpc) is 3.22. The zero-order valence-corrected chi connectivity index (χ0v) is 13.6. The molecule has 0 saturated heterocycles. The molecule has 0 saturated carbocycles. The van der Waals surface area contributed by atoms with Gasteiger partial charge in [-0.2, -0.15) is 13.8 Å². The first-order valence-electron chi connectivity index (χ1n) is 7.24. The number of rotatable bonds is 5. The van der Waals surface area contributed by atoms with Crippen molar-refractivity contribution in [3.63, 3.8) is 0 Å². The molecular weight excluding hydrogens is 352 g/mol. The molecule has 1 atom stereocenters. The van der Waals surface area contributed by atoms with E-state index < -0.39 is 24.5 Å². The standard InChI is InChI=1S/C16H13F2N3O3S/c17-13(18)15(23)21-16(9-4-2-1-3-5-9)24-12(20-21)8-10-6-7-11(25-10)14(19)22/h1-7,13,16H,8H2,(H2,19,22). The summed E-state index contributed by atoms with van der Waals surface area (Å²) in [4.78, 5) is 24.0. The Balaban J connectivity index is 1.83. The molecule has 130 valence electrons. The molecular formula is C16H13F2N3O3S. The van der Waals surface area contributed by atoms with E-state index in [-0.39, 0.29) is 12.3 Å². The number of primary amides is 1. The van der Waals surface area contributed by atoms with Gasteiger partial charge in [-0.3, -0.25) is 9.59 Å². The zero-order valence-electron chi connectivity index (χ0n) is 12.8. The molecule has 1 aromatic carbocycles. The van der Waals surface area contributed by atoms with Gasteiger partial charge >= 0.3 is 12.3 Å². The third-order valence-corrected chi connectivity index (χ3v) is 4.52. The first kappa shape index (κ1) is 17.0. The number of nitrogens with zero attached hydrogens (tertiary/aromatic N) is 2. The third-order valence-electron chi connectivity index (χ3n) is 3.42. The summed E-state index contributed by atoms with van der Waals surface area (Å²) < 4.78 is 31.3. The lowest BCUT2D eigenvalue weighted by Crippen LogP contribution is -2.32. The van der Waals surface area contributed by atoms with Crippen molar-refractivity contribution in [3.05, 3.63) is 57.8 Å². The molecule has 3 rings (SSSR count). The van der Waals surface area contributed by atoms with E-state index in [1.807, 2.05) is 0 Å². The molecule has 1 aromatic heterocycles. The van der Waals surface area contributed by atoms with Gasteiger partial charge in [0.15, 0.2) is 0 Å². The van der Waals surface area contributed by atoms with Crippen LogP contribution in [0.5, 0.6) is 0 Å². The summed E-state index contributed by atoms with van der Waals surface area (Å²) in [6, 6.07) is 11.7. The van der Waals surface area contributed by atoms with Crippen LogP contribution in [0.25, 0.3) is 0 Å². The number of carbonyl (C=O) groups is 2. The molecule has 2 aromatic rings. The van der Waals surface area contributed by atoms with Gasteiger partial charge in [-0.15, -0.1) is 16.4 Å². The minimum absolute atomic E-state index is 0.112. The Hall–Kier alpha value is -2.81. The van der Waals surface area contributed by atoms with Crippen molar-refractivity contribution in [2.24, 2.45) is 10.8 Å². The van der Waals surface area contributed by atoms with E-state index in [0.29, 0.717) is 20.3 Å². The van der Waals surface area contributed by atoms with Crippen LogP contribution in [0.1, 0.15) is 26.3 Å². The SMILES string of the molecule is NC(=O)c1ccc(CC2=NN(C(=O)C(F)F)C(c3ccccc3)O2)s1. The minimum atomic E-state index is -3.19. The van der Waals surface area contributed by atoms with E-state index in [1.165, 1.54) is 0 Å². The van der Waals surface area contributed by atoms with Crippen molar-refractivity contribution in [2.75, 3.05) is 0 Å². The van der Waals surface area contributed by atoms with E-state index in [9.17, 15) is 18.4 Å². The molecule has 2 heterocycles. The number of thiophene rings is 1. The largest absolute Gasteiger partial charge is 0.449 e. The molecule has 25 heavy (non-hydrogen) atoms. The van der Waals surface area contributed by atoms with Crippen molar-refractivity contribution >= 4 is 29.0 Å². The molecule has 0 fully saturated rings. The summed E-state index contributed by atoms with van der Waals surface area (Å²) in [5, 5.41) is 4.56. The average molecular weight is 365 g/mol. The molecule has 6 nitrogen and oxygen atoms in total. The van der Waals surface area contributed by atoms with Crippen LogP contribution in [0.15, 0.2) is 47.6 Å². The van der Waals surface area contributed by atoms with Crippen LogP contribution in [0, 0.1) is 0 Å². The number of carbonyl (C=O) groups excluding carboxylic acids is 2. The van der Waals surface area contributed by atoms with Crippen LogP contribution in [0.3, 0.4) is 0 Å². The summed E-state index contributed by atoms with van der Waals surface area (Å²) in [5.74, 6) is -1.88. The highest BCUT2D eigenvalue weighted by Gasteiger charge is 2.37. The van der Waals surface area contributed by atoms with Crippen LogP contribution in [0.4, 0.5) is 8.78 Å². The highest BCUT2D eigenvalue weighted by molar-refractivity contribution is 7.14. The number of hydrogen-bond acceptors (Lipinski definition) is 5. The summed E-state index contributed by atoms with van der Waals surface area (Å²) in [6.45, 7) is 0. The molecule has 2 N–H and O–H groups in total. The number of nitrogens with two attached hydrogens (primary N) is 1. The van der Waals surface area contributed by atoms with Crippen LogP contribution in [-0.2, 0) is 16.0 Å². The number of amides is 2. The molecule has 1 unspecified atom stereocenters. The van der Waals surface area contributed by atoms with Gasteiger partial charge in [0.2, 0.25) is 12.1 Å². The number of ether oxygens (including phenoxy) is 1. The Morgan fingerprint density at radius 1 is 1.24 bits per heavy atom. The second kappa shape index (κ2) is 6.98. The lowest BCUT2D eigenvalue weighted by molar-refractivity contribution is -0.149. The van der Waals surface area contributed by atoms with Crippen molar-refractivity contribution < 1.29 is 23.1 Å². The third kappa shape index (κ3) is 3.66. The van der Waals surface area contributed by atoms with Gasteiger partial charge in [-0.1, -0.05) is 30.3 Å². The first-order valence-corrected chi connectivity index (χ1v) is 8.06. The van der Waals surface area contributed by atoms with Gasteiger partial charge in [0.25, 0.3) is 5.91 Å². The number of halogens is 2. The Labute approximate surface area is 145 Å². The first-order chi connectivity index (χ1) is 12.0. The van der Waals surface area contributed by atoms with E-state index >= 15 is 0 Å². The fourth-order valence-electron chi connectivity index (χ4n) is 2.30. The van der Waals surface area contributed by atoms with Crippen LogP contribution < -0.4 is 5.73 Å². The predicted molar refractivity (Wildman–Crippen MR) is 87.1 cm³/mol. The van der Waals surface area contributed by atoms with E-state index in [1.54, 1.807) is 42.5 Å². The lowest BCUT2D eigenvalue weighted by atomic mass is 10.2. The molecule has 2 amide bonds. The van der Waals surface area contributed by atoms with Crippen LogP contribution in [-0.4, -0.2) is 29.1 Å².